The number of hydrogen-bond donors (Lipinski definition) is 2. The van der Waals surface area contributed by atoms with Crippen LogP contribution in [0.5, 0.6) is 0 Å². The summed E-state index contributed by atoms with van der Waals surface area (Å²) in [6.07, 6.45) is 1.06. The van der Waals surface area contributed by atoms with Crippen molar-refractivity contribution in [3.8, 4) is 0 Å². The first-order chi connectivity index (χ1) is 15.2. The molecule has 178 valence electrons. The molecule has 0 bridgehead atoms. The summed E-state index contributed by atoms with van der Waals surface area (Å²) in [7, 11) is -3.55. The summed E-state index contributed by atoms with van der Waals surface area (Å²) in [5.41, 5.74) is 0.405. The number of halogens is 1. The van der Waals surface area contributed by atoms with E-state index in [4.69, 9.17) is 0 Å². The molecule has 0 radical (unpaired) electrons. The zero-order chi connectivity index (χ0) is 24.7. The fraction of sp³-hybridized carbons (Fsp3) is 0.409. The summed E-state index contributed by atoms with van der Waals surface area (Å²) in [6.45, 7) is 6.84. The Hall–Kier alpha value is -3.05. The average Bonchev–Trinajstić information content (AvgIpc) is 3.07. The molecule has 0 saturated heterocycles. The van der Waals surface area contributed by atoms with Gasteiger partial charge in [-0.2, -0.15) is 4.31 Å². The van der Waals surface area contributed by atoms with E-state index in [9.17, 15) is 27.2 Å². The maximum atomic E-state index is 13.6. The van der Waals surface area contributed by atoms with Gasteiger partial charge in [0.2, 0.25) is 10.0 Å². The molecule has 2 heterocycles. The van der Waals surface area contributed by atoms with E-state index in [0.717, 1.165) is 6.26 Å². The van der Waals surface area contributed by atoms with E-state index < -0.39 is 39.0 Å². The number of Topliss-reactive ketones (excluding diaryl/α,β-unsaturated/α-hetero) is 1. The van der Waals surface area contributed by atoms with Gasteiger partial charge in [0.25, 0.3) is 17.6 Å². The molecule has 0 unspecified atom stereocenters. The normalized spacial score (nSPS) is 14.5. The Balaban J connectivity index is 2.02. The molecule has 0 aliphatic carbocycles. The van der Waals surface area contributed by atoms with Gasteiger partial charge in [-0.05, 0) is 57.5 Å². The molecule has 2 aromatic rings. The molecule has 1 aromatic heterocycles. The number of amides is 2. The number of nitrogens with zero attached hydrogens (tertiary/aromatic N) is 2. The molecule has 2 amide bonds. The van der Waals surface area contributed by atoms with Crippen molar-refractivity contribution in [3.63, 3.8) is 0 Å². The molecule has 1 aliphatic rings. The maximum absolute atomic E-state index is 13.6. The predicted octanol–water partition coefficient (Wildman–Crippen LogP) is 2.06. The number of aryl methyl sites for hydroxylation is 1. The third-order valence-corrected chi connectivity index (χ3v) is 6.41. The highest BCUT2D eigenvalue weighted by Gasteiger charge is 2.33. The number of nitrogens with one attached hydrogen (secondary N) is 2. The van der Waals surface area contributed by atoms with E-state index in [-0.39, 0.29) is 30.9 Å². The number of ketones is 1. The second kappa shape index (κ2) is 8.71. The Morgan fingerprint density at radius 2 is 1.76 bits per heavy atom. The first-order valence-corrected chi connectivity index (χ1v) is 12.1. The lowest BCUT2D eigenvalue weighted by Gasteiger charge is -2.28. The van der Waals surface area contributed by atoms with Crippen molar-refractivity contribution in [2.75, 3.05) is 18.1 Å². The second-order valence-electron chi connectivity index (χ2n) is 9.09. The molecule has 0 spiro atoms. The maximum Gasteiger partial charge on any atom is 0.294 e. The molecule has 1 aliphatic heterocycles. The van der Waals surface area contributed by atoms with Gasteiger partial charge >= 0.3 is 0 Å². The number of sulfonamides is 1. The van der Waals surface area contributed by atoms with E-state index in [1.54, 1.807) is 27.7 Å². The fourth-order valence-electron chi connectivity index (χ4n) is 3.57. The van der Waals surface area contributed by atoms with Gasteiger partial charge in [-0.3, -0.25) is 14.4 Å². The molecule has 33 heavy (non-hydrogen) atoms. The van der Waals surface area contributed by atoms with Crippen LogP contribution in [0.4, 0.5) is 10.1 Å². The minimum Gasteiger partial charge on any atom is -0.345 e. The lowest BCUT2D eigenvalue weighted by Crippen LogP contribution is -2.45. The molecular weight excluding hydrogens is 451 g/mol. The van der Waals surface area contributed by atoms with Gasteiger partial charge in [-0.1, -0.05) is 0 Å². The van der Waals surface area contributed by atoms with Crippen molar-refractivity contribution in [2.24, 2.45) is 0 Å². The Kier molecular flexibility index (Phi) is 6.49. The third kappa shape index (κ3) is 5.48. The molecule has 11 heteroatoms. The van der Waals surface area contributed by atoms with Gasteiger partial charge in [0, 0.05) is 30.0 Å². The van der Waals surface area contributed by atoms with Crippen LogP contribution < -0.4 is 10.6 Å². The Bertz CT molecular complexity index is 1240. The standard InChI is InChI=1S/C22H27FN4O5S/c1-13-10-14(6-7-16(13)23)24-20(29)15-11-17(19(28)21(30)25-22(2,3)4)27-9-8-26(12-18(15)27)33(5,31)32/h6-7,10-11H,8-9,12H2,1-5H3,(H,24,29)(H,25,30). The van der Waals surface area contributed by atoms with Gasteiger partial charge in [0.05, 0.1) is 24.1 Å². The van der Waals surface area contributed by atoms with Gasteiger partial charge < -0.3 is 15.2 Å². The van der Waals surface area contributed by atoms with Crippen LogP contribution in [-0.4, -0.2) is 53.2 Å². The van der Waals surface area contributed by atoms with Crippen LogP contribution in [0.25, 0.3) is 0 Å². The van der Waals surface area contributed by atoms with Crippen molar-refractivity contribution in [3.05, 3.63) is 52.6 Å². The quantitative estimate of drug-likeness (QED) is 0.504. The third-order valence-electron chi connectivity index (χ3n) is 5.16. The van der Waals surface area contributed by atoms with E-state index in [1.807, 2.05) is 0 Å². The van der Waals surface area contributed by atoms with E-state index >= 15 is 0 Å². The van der Waals surface area contributed by atoms with Crippen molar-refractivity contribution in [1.29, 1.82) is 0 Å². The largest absolute Gasteiger partial charge is 0.345 e. The highest BCUT2D eigenvalue weighted by Crippen LogP contribution is 2.26. The van der Waals surface area contributed by atoms with Crippen LogP contribution in [0.1, 0.15) is 52.9 Å². The Morgan fingerprint density at radius 1 is 1.09 bits per heavy atom. The van der Waals surface area contributed by atoms with Crippen molar-refractivity contribution in [1.82, 2.24) is 14.2 Å². The molecule has 0 atom stereocenters. The first-order valence-electron chi connectivity index (χ1n) is 10.3. The smallest absolute Gasteiger partial charge is 0.294 e. The molecule has 3 rings (SSSR count). The molecule has 1 aromatic carbocycles. The molecule has 0 saturated carbocycles. The number of anilines is 1. The second-order valence-corrected chi connectivity index (χ2v) is 11.1. The SMILES string of the molecule is Cc1cc(NC(=O)c2cc(C(=O)C(=O)NC(C)(C)C)n3c2CN(S(C)(=O)=O)CC3)ccc1F. The summed E-state index contributed by atoms with van der Waals surface area (Å²) < 4.78 is 40.5. The number of fused-ring (bicyclic) bond motifs is 1. The highest BCUT2D eigenvalue weighted by atomic mass is 32.2. The molecule has 9 nitrogen and oxygen atoms in total. The van der Waals surface area contributed by atoms with Crippen LogP contribution >= 0.6 is 0 Å². The van der Waals surface area contributed by atoms with E-state index in [1.165, 1.54) is 33.1 Å². The number of carbonyl (C=O) groups excluding carboxylic acids is 3. The van der Waals surface area contributed by atoms with Crippen LogP contribution in [0, 0.1) is 12.7 Å². The average molecular weight is 479 g/mol. The first kappa shape index (κ1) is 24.6. The fourth-order valence-corrected chi connectivity index (χ4v) is 4.34. The van der Waals surface area contributed by atoms with E-state index in [0.29, 0.717) is 16.9 Å². The van der Waals surface area contributed by atoms with Gasteiger partial charge in [0.1, 0.15) is 5.82 Å². The minimum absolute atomic E-state index is 0.000313. The summed E-state index contributed by atoms with van der Waals surface area (Å²) in [5, 5.41) is 5.25. The lowest BCUT2D eigenvalue weighted by atomic mass is 10.1. The zero-order valence-corrected chi connectivity index (χ0v) is 20.0. The lowest BCUT2D eigenvalue weighted by molar-refractivity contribution is -0.118. The molecule has 2 N–H and O–H groups in total. The number of carbonyl (C=O) groups is 3. The van der Waals surface area contributed by atoms with Crippen molar-refractivity contribution < 1.29 is 27.2 Å². The van der Waals surface area contributed by atoms with Crippen LogP contribution in [0.15, 0.2) is 24.3 Å². The van der Waals surface area contributed by atoms with Crippen LogP contribution in [0.2, 0.25) is 0 Å². The minimum atomic E-state index is -3.55. The van der Waals surface area contributed by atoms with Gasteiger partial charge in [-0.25, -0.2) is 12.8 Å². The van der Waals surface area contributed by atoms with Crippen LogP contribution in [-0.2, 0) is 27.9 Å². The predicted molar refractivity (Wildman–Crippen MR) is 121 cm³/mol. The van der Waals surface area contributed by atoms with E-state index in [2.05, 4.69) is 10.6 Å². The number of rotatable bonds is 5. The van der Waals surface area contributed by atoms with Crippen molar-refractivity contribution in [2.45, 2.75) is 46.3 Å². The number of aromatic nitrogens is 1. The Labute approximate surface area is 192 Å². The zero-order valence-electron chi connectivity index (χ0n) is 19.2. The Morgan fingerprint density at radius 3 is 2.33 bits per heavy atom. The topological polar surface area (TPSA) is 118 Å². The van der Waals surface area contributed by atoms with Gasteiger partial charge in [0.15, 0.2) is 0 Å². The number of hydrogen-bond acceptors (Lipinski definition) is 5. The van der Waals surface area contributed by atoms with Crippen molar-refractivity contribution >= 4 is 33.3 Å². The molecule has 0 fully saturated rings. The summed E-state index contributed by atoms with van der Waals surface area (Å²) in [4.78, 5) is 38.5. The monoisotopic (exact) mass is 478 g/mol. The summed E-state index contributed by atoms with van der Waals surface area (Å²) in [6, 6.07) is 5.38. The summed E-state index contributed by atoms with van der Waals surface area (Å²) >= 11 is 0. The van der Waals surface area contributed by atoms with Crippen LogP contribution in [0.3, 0.4) is 0 Å². The highest BCUT2D eigenvalue weighted by molar-refractivity contribution is 7.88. The summed E-state index contributed by atoms with van der Waals surface area (Å²) in [5.74, 6) is -2.67. The van der Waals surface area contributed by atoms with Gasteiger partial charge in [-0.15, -0.1) is 0 Å². The number of benzene rings is 1. The molecular formula is C22H27FN4O5S.